The molecule has 1 amide bonds. The van der Waals surface area contributed by atoms with Gasteiger partial charge in [-0.05, 0) is 31.5 Å². The number of halogens is 1. The first kappa shape index (κ1) is 17.6. The highest BCUT2D eigenvalue weighted by molar-refractivity contribution is 6.32. The van der Waals surface area contributed by atoms with Crippen molar-refractivity contribution in [2.24, 2.45) is 0 Å². The third kappa shape index (κ3) is 3.95. The highest BCUT2D eigenvalue weighted by Gasteiger charge is 2.41. The molecule has 1 saturated heterocycles. The van der Waals surface area contributed by atoms with Crippen LogP contribution in [0.15, 0.2) is 18.2 Å². The standard InChI is InChI=1S/C16H20ClNO5/c1-10-3-4-12(17)13(9-10)23-11(2)14(19)18-7-5-16(22,6-8-18)15(20)21/h3-4,9,11,22H,5-8H2,1-2H3,(H,20,21). The molecule has 1 heterocycles. The van der Waals surface area contributed by atoms with Gasteiger partial charge in [-0.25, -0.2) is 4.79 Å². The van der Waals surface area contributed by atoms with E-state index in [2.05, 4.69) is 0 Å². The summed E-state index contributed by atoms with van der Waals surface area (Å²) in [6.45, 7) is 3.87. The van der Waals surface area contributed by atoms with Gasteiger partial charge in [-0.1, -0.05) is 17.7 Å². The van der Waals surface area contributed by atoms with E-state index in [0.717, 1.165) is 5.56 Å². The number of rotatable bonds is 4. The van der Waals surface area contributed by atoms with Crippen LogP contribution in [0, 0.1) is 6.92 Å². The summed E-state index contributed by atoms with van der Waals surface area (Å²) in [5.41, 5.74) is -0.783. The Balaban J connectivity index is 1.98. The van der Waals surface area contributed by atoms with Gasteiger partial charge in [0.25, 0.3) is 5.91 Å². The molecule has 0 radical (unpaired) electrons. The number of aliphatic carboxylic acids is 1. The van der Waals surface area contributed by atoms with Crippen LogP contribution in [0.25, 0.3) is 0 Å². The molecule has 0 spiro atoms. The zero-order valence-electron chi connectivity index (χ0n) is 13.1. The molecule has 0 aliphatic carbocycles. The van der Waals surface area contributed by atoms with Gasteiger partial charge in [-0.15, -0.1) is 0 Å². The maximum absolute atomic E-state index is 12.4. The number of nitrogens with zero attached hydrogens (tertiary/aromatic N) is 1. The average Bonchev–Trinajstić information content (AvgIpc) is 2.50. The number of carbonyl (C=O) groups excluding carboxylic acids is 1. The number of carboxylic acid groups (broad SMARTS) is 1. The molecule has 1 atom stereocenters. The van der Waals surface area contributed by atoms with E-state index < -0.39 is 17.7 Å². The predicted octanol–water partition coefficient (Wildman–Crippen LogP) is 1.85. The fourth-order valence-electron chi connectivity index (χ4n) is 2.51. The smallest absolute Gasteiger partial charge is 0.335 e. The first-order chi connectivity index (χ1) is 10.7. The normalized spacial score (nSPS) is 18.3. The summed E-state index contributed by atoms with van der Waals surface area (Å²) < 4.78 is 5.64. The lowest BCUT2D eigenvalue weighted by molar-refractivity contribution is -0.166. The molecule has 1 aromatic carbocycles. The van der Waals surface area contributed by atoms with E-state index >= 15 is 0 Å². The number of hydrogen-bond acceptors (Lipinski definition) is 4. The topological polar surface area (TPSA) is 87.1 Å². The maximum atomic E-state index is 12.4. The summed E-state index contributed by atoms with van der Waals surface area (Å²) in [5.74, 6) is -1.07. The number of carboxylic acids is 1. The van der Waals surface area contributed by atoms with E-state index in [4.69, 9.17) is 21.4 Å². The van der Waals surface area contributed by atoms with Crippen LogP contribution < -0.4 is 4.74 Å². The molecule has 1 aliphatic heterocycles. The summed E-state index contributed by atoms with van der Waals surface area (Å²) in [6.07, 6.45) is -0.733. The lowest BCUT2D eigenvalue weighted by Gasteiger charge is -2.36. The van der Waals surface area contributed by atoms with Crippen molar-refractivity contribution in [2.45, 2.75) is 38.4 Å². The van der Waals surface area contributed by atoms with Crippen molar-refractivity contribution in [2.75, 3.05) is 13.1 Å². The Labute approximate surface area is 139 Å². The Kier molecular flexibility index (Phi) is 5.16. The van der Waals surface area contributed by atoms with E-state index in [1.165, 1.54) is 4.90 Å². The quantitative estimate of drug-likeness (QED) is 0.872. The Bertz CT molecular complexity index is 610. The molecule has 1 aliphatic rings. The van der Waals surface area contributed by atoms with Gasteiger partial charge in [0.15, 0.2) is 11.7 Å². The van der Waals surface area contributed by atoms with Gasteiger partial charge in [-0.2, -0.15) is 0 Å². The molecule has 0 aromatic heterocycles. The number of aryl methyl sites for hydroxylation is 1. The molecule has 6 nitrogen and oxygen atoms in total. The number of amides is 1. The molecule has 126 valence electrons. The second kappa shape index (κ2) is 6.76. The zero-order chi connectivity index (χ0) is 17.2. The van der Waals surface area contributed by atoms with Crippen molar-refractivity contribution in [3.05, 3.63) is 28.8 Å². The Morgan fingerprint density at radius 2 is 1.96 bits per heavy atom. The number of piperidine rings is 1. The summed E-state index contributed by atoms with van der Waals surface area (Å²) in [4.78, 5) is 24.9. The van der Waals surface area contributed by atoms with E-state index in [1.807, 2.05) is 13.0 Å². The van der Waals surface area contributed by atoms with Crippen LogP contribution in [0.2, 0.25) is 5.02 Å². The van der Waals surface area contributed by atoms with Gasteiger partial charge < -0.3 is 19.8 Å². The molecule has 23 heavy (non-hydrogen) atoms. The van der Waals surface area contributed by atoms with E-state index in [9.17, 15) is 14.7 Å². The number of likely N-dealkylation sites (tertiary alicyclic amines) is 1. The zero-order valence-corrected chi connectivity index (χ0v) is 13.8. The fraction of sp³-hybridized carbons (Fsp3) is 0.500. The second-order valence-electron chi connectivity index (χ2n) is 5.86. The lowest BCUT2D eigenvalue weighted by Crippen LogP contribution is -2.53. The Hall–Kier alpha value is -1.79. The third-order valence-corrected chi connectivity index (χ3v) is 4.35. The van der Waals surface area contributed by atoms with Crippen molar-refractivity contribution in [3.8, 4) is 5.75 Å². The van der Waals surface area contributed by atoms with Crippen LogP contribution in [0.4, 0.5) is 0 Å². The number of ether oxygens (including phenoxy) is 1. The molecular weight excluding hydrogens is 322 g/mol. The van der Waals surface area contributed by atoms with Crippen LogP contribution in [0.5, 0.6) is 5.75 Å². The van der Waals surface area contributed by atoms with Crippen LogP contribution >= 0.6 is 11.6 Å². The van der Waals surface area contributed by atoms with Crippen LogP contribution in [-0.4, -0.2) is 51.8 Å². The first-order valence-electron chi connectivity index (χ1n) is 7.40. The summed E-state index contributed by atoms with van der Waals surface area (Å²) in [6, 6.07) is 5.31. The van der Waals surface area contributed by atoms with Gasteiger partial charge in [0.1, 0.15) is 5.75 Å². The minimum Gasteiger partial charge on any atom is -0.479 e. The van der Waals surface area contributed by atoms with Crippen LogP contribution in [0.1, 0.15) is 25.3 Å². The second-order valence-corrected chi connectivity index (χ2v) is 6.26. The number of aliphatic hydroxyl groups is 1. The SMILES string of the molecule is Cc1ccc(Cl)c(OC(C)C(=O)N2CCC(O)(C(=O)O)CC2)c1. The van der Waals surface area contributed by atoms with Crippen molar-refractivity contribution < 1.29 is 24.5 Å². The van der Waals surface area contributed by atoms with Gasteiger partial charge in [0, 0.05) is 25.9 Å². The fourth-order valence-corrected chi connectivity index (χ4v) is 2.67. The highest BCUT2D eigenvalue weighted by atomic mass is 35.5. The maximum Gasteiger partial charge on any atom is 0.335 e. The lowest BCUT2D eigenvalue weighted by atomic mass is 9.91. The van der Waals surface area contributed by atoms with Gasteiger partial charge in [0.05, 0.1) is 5.02 Å². The van der Waals surface area contributed by atoms with Crippen LogP contribution in [-0.2, 0) is 9.59 Å². The summed E-state index contributed by atoms with van der Waals surface area (Å²) in [5, 5.41) is 19.3. The van der Waals surface area contributed by atoms with E-state index in [0.29, 0.717) is 10.8 Å². The molecule has 0 saturated carbocycles. The number of hydrogen-bond donors (Lipinski definition) is 2. The van der Waals surface area contributed by atoms with Crippen molar-refractivity contribution in [3.63, 3.8) is 0 Å². The summed E-state index contributed by atoms with van der Waals surface area (Å²) in [7, 11) is 0. The molecule has 7 heteroatoms. The van der Waals surface area contributed by atoms with Gasteiger partial charge in [0.2, 0.25) is 0 Å². The minimum absolute atomic E-state index is 0.00595. The highest BCUT2D eigenvalue weighted by Crippen LogP contribution is 2.27. The minimum atomic E-state index is -1.75. The Morgan fingerprint density at radius 3 is 2.52 bits per heavy atom. The van der Waals surface area contributed by atoms with Crippen molar-refractivity contribution >= 4 is 23.5 Å². The van der Waals surface area contributed by atoms with E-state index in [1.54, 1.807) is 19.1 Å². The van der Waals surface area contributed by atoms with Gasteiger partial charge >= 0.3 is 5.97 Å². The van der Waals surface area contributed by atoms with Crippen molar-refractivity contribution in [1.29, 1.82) is 0 Å². The molecular formula is C16H20ClNO5. The molecule has 1 fully saturated rings. The molecule has 0 bridgehead atoms. The predicted molar refractivity (Wildman–Crippen MR) is 84.7 cm³/mol. The molecule has 1 aromatic rings. The molecule has 2 N–H and O–H groups in total. The summed E-state index contributed by atoms with van der Waals surface area (Å²) >= 11 is 6.05. The Morgan fingerprint density at radius 1 is 1.35 bits per heavy atom. The monoisotopic (exact) mass is 341 g/mol. The van der Waals surface area contributed by atoms with Crippen LogP contribution in [0.3, 0.4) is 0 Å². The number of benzene rings is 1. The molecule has 1 unspecified atom stereocenters. The average molecular weight is 342 g/mol. The molecule has 2 rings (SSSR count). The van der Waals surface area contributed by atoms with Gasteiger partial charge in [-0.3, -0.25) is 4.79 Å². The van der Waals surface area contributed by atoms with Crippen molar-refractivity contribution in [1.82, 2.24) is 4.90 Å². The largest absolute Gasteiger partial charge is 0.479 e. The first-order valence-corrected chi connectivity index (χ1v) is 7.78. The van der Waals surface area contributed by atoms with E-state index in [-0.39, 0.29) is 31.8 Å². The third-order valence-electron chi connectivity index (χ3n) is 4.04. The number of carbonyl (C=O) groups is 2.